The van der Waals surface area contributed by atoms with Crippen LogP contribution in [-0.4, -0.2) is 60.9 Å². The van der Waals surface area contributed by atoms with Crippen molar-refractivity contribution >= 4 is 17.7 Å². The van der Waals surface area contributed by atoms with E-state index in [4.69, 9.17) is 11.5 Å². The number of nitrogens with two attached hydrogens (primary N) is 2. The van der Waals surface area contributed by atoms with Crippen molar-refractivity contribution in [2.24, 2.45) is 23.3 Å². The van der Waals surface area contributed by atoms with Gasteiger partial charge in [-0.15, -0.1) is 0 Å². The lowest BCUT2D eigenvalue weighted by Crippen LogP contribution is -2.43. The molecule has 0 aliphatic carbocycles. The van der Waals surface area contributed by atoms with E-state index in [1.54, 1.807) is 0 Å². The fourth-order valence-corrected chi connectivity index (χ4v) is 5.27. The summed E-state index contributed by atoms with van der Waals surface area (Å²) in [5.41, 5.74) is 12.0. The molecule has 2 atom stereocenters. The van der Waals surface area contributed by atoms with Crippen LogP contribution >= 0.6 is 0 Å². The molecule has 0 unspecified atom stereocenters. The molecular weight excluding hydrogens is 526 g/mol. The molecule has 0 heterocycles. The molecule has 0 aliphatic heterocycles. The molecule has 0 aromatic heterocycles. The molecule has 0 bridgehead atoms. The van der Waals surface area contributed by atoms with E-state index in [1.165, 1.54) is 70.6 Å². The number of hydrogen-bond acceptors (Lipinski definition) is 5. The summed E-state index contributed by atoms with van der Waals surface area (Å²) in [5.74, 6) is 0.625. The molecule has 0 aromatic rings. The highest BCUT2D eigenvalue weighted by Gasteiger charge is 2.17. The van der Waals surface area contributed by atoms with Crippen molar-refractivity contribution in [1.82, 2.24) is 15.5 Å². The molecule has 0 aliphatic rings. The van der Waals surface area contributed by atoms with Gasteiger partial charge in [-0.25, -0.2) is 0 Å². The van der Waals surface area contributed by atoms with E-state index in [0.29, 0.717) is 70.1 Å². The Labute approximate surface area is 259 Å². The van der Waals surface area contributed by atoms with Crippen LogP contribution in [0.5, 0.6) is 0 Å². The summed E-state index contributed by atoms with van der Waals surface area (Å²) in [7, 11) is 0. The van der Waals surface area contributed by atoms with Gasteiger partial charge in [-0.2, -0.15) is 0 Å². The van der Waals surface area contributed by atoms with Crippen LogP contribution in [0.25, 0.3) is 0 Å². The number of rotatable bonds is 28. The highest BCUT2D eigenvalue weighted by Crippen LogP contribution is 2.13. The van der Waals surface area contributed by atoms with Crippen LogP contribution in [-0.2, 0) is 14.4 Å². The van der Waals surface area contributed by atoms with Gasteiger partial charge in [0.15, 0.2) is 0 Å². The van der Waals surface area contributed by atoms with Crippen LogP contribution in [0.3, 0.4) is 0 Å². The molecule has 0 aromatic carbocycles. The van der Waals surface area contributed by atoms with Gasteiger partial charge in [-0.3, -0.25) is 14.4 Å². The van der Waals surface area contributed by atoms with Gasteiger partial charge in [0.2, 0.25) is 17.7 Å². The number of carbonyl (C=O) groups is 3. The van der Waals surface area contributed by atoms with Crippen LogP contribution in [0.15, 0.2) is 0 Å². The minimum absolute atomic E-state index is 0.131. The summed E-state index contributed by atoms with van der Waals surface area (Å²) in [4.78, 5) is 39.4. The van der Waals surface area contributed by atoms with Crippen molar-refractivity contribution in [3.8, 4) is 0 Å². The van der Waals surface area contributed by atoms with Crippen molar-refractivity contribution in [2.75, 3.05) is 26.2 Å². The highest BCUT2D eigenvalue weighted by molar-refractivity contribution is 5.81. The number of nitrogens with zero attached hydrogens (tertiary/aromatic N) is 1. The van der Waals surface area contributed by atoms with Gasteiger partial charge >= 0.3 is 0 Å². The molecule has 42 heavy (non-hydrogen) atoms. The molecule has 0 saturated heterocycles. The van der Waals surface area contributed by atoms with Crippen LogP contribution < -0.4 is 22.1 Å². The summed E-state index contributed by atoms with van der Waals surface area (Å²) < 4.78 is 0. The quantitative estimate of drug-likeness (QED) is 0.0818. The molecule has 6 N–H and O–H groups in total. The first-order valence-electron chi connectivity index (χ1n) is 17.4. The molecule has 8 nitrogen and oxygen atoms in total. The third-order valence-electron chi connectivity index (χ3n) is 7.78. The van der Waals surface area contributed by atoms with Gasteiger partial charge in [0, 0.05) is 32.6 Å². The van der Waals surface area contributed by atoms with Gasteiger partial charge in [-0.1, -0.05) is 112 Å². The molecule has 8 heteroatoms. The normalized spacial score (nSPS) is 12.9. The zero-order valence-corrected chi connectivity index (χ0v) is 28.2. The molecule has 0 rings (SSSR count). The monoisotopic (exact) mass is 596 g/mol. The fraction of sp³-hybridized carbons (Fsp3) is 0.912. The van der Waals surface area contributed by atoms with Gasteiger partial charge in [-0.05, 0) is 43.9 Å². The average Bonchev–Trinajstić information content (AvgIpc) is 2.93. The smallest absolute Gasteiger partial charge is 0.236 e. The fourth-order valence-electron chi connectivity index (χ4n) is 5.27. The molecule has 0 spiro atoms. The number of carbonyl (C=O) groups excluding carboxylic acids is 3. The summed E-state index contributed by atoms with van der Waals surface area (Å²) in [6.07, 6.45) is 19.9. The third-order valence-corrected chi connectivity index (χ3v) is 7.78. The summed E-state index contributed by atoms with van der Waals surface area (Å²) in [6.45, 7) is 12.6. The Morgan fingerprint density at radius 3 is 1.29 bits per heavy atom. The molecular formula is C34H69N5O3. The summed E-state index contributed by atoms with van der Waals surface area (Å²) in [5, 5.41) is 5.83. The largest absolute Gasteiger partial charge is 0.355 e. The summed E-state index contributed by atoms with van der Waals surface area (Å²) >= 11 is 0. The van der Waals surface area contributed by atoms with Gasteiger partial charge in [0.1, 0.15) is 0 Å². The molecule has 0 radical (unpaired) electrons. The second-order valence-electron chi connectivity index (χ2n) is 13.1. The standard InChI is InChI=1S/C34H69N5O3/c1-6-7-8-9-10-11-12-13-14-15-16-17-18-21-32(40)39(24-19-22-37-33(41)30(35)26-28(2)3)25-20-23-38-34(42)31(36)27-29(4)5/h28-31H,6-27,35-36H2,1-5H3,(H,37,41)(H,38,42)/t30-,31-/m0/s1. The number of unbranched alkanes of at least 4 members (excludes halogenated alkanes) is 12. The van der Waals surface area contributed by atoms with Crippen molar-refractivity contribution in [3.05, 3.63) is 0 Å². The number of amides is 3. The first-order chi connectivity index (χ1) is 20.1. The van der Waals surface area contributed by atoms with E-state index in [0.717, 1.165) is 12.8 Å². The number of hydrogen-bond donors (Lipinski definition) is 4. The lowest BCUT2D eigenvalue weighted by Gasteiger charge is -2.24. The van der Waals surface area contributed by atoms with E-state index in [1.807, 2.05) is 32.6 Å². The van der Waals surface area contributed by atoms with Crippen molar-refractivity contribution in [1.29, 1.82) is 0 Å². The zero-order valence-electron chi connectivity index (χ0n) is 28.2. The number of nitrogens with one attached hydrogen (secondary N) is 2. The first-order valence-corrected chi connectivity index (χ1v) is 17.4. The van der Waals surface area contributed by atoms with E-state index < -0.39 is 12.1 Å². The van der Waals surface area contributed by atoms with Crippen molar-refractivity contribution in [3.63, 3.8) is 0 Å². The van der Waals surface area contributed by atoms with E-state index in [2.05, 4.69) is 17.6 Å². The Bertz CT molecular complexity index is 650. The average molecular weight is 596 g/mol. The Morgan fingerprint density at radius 2 is 0.929 bits per heavy atom. The molecule has 3 amide bonds. The second kappa shape index (κ2) is 26.9. The van der Waals surface area contributed by atoms with Crippen LogP contribution in [0.1, 0.15) is 150 Å². The topological polar surface area (TPSA) is 131 Å². The van der Waals surface area contributed by atoms with E-state index >= 15 is 0 Å². The third kappa shape index (κ3) is 23.8. The van der Waals surface area contributed by atoms with E-state index in [-0.39, 0.29) is 17.7 Å². The Kier molecular flexibility index (Phi) is 25.8. The van der Waals surface area contributed by atoms with Gasteiger partial charge < -0.3 is 27.0 Å². The molecule has 0 fully saturated rings. The predicted molar refractivity (Wildman–Crippen MR) is 177 cm³/mol. The minimum atomic E-state index is -0.496. The second-order valence-corrected chi connectivity index (χ2v) is 13.1. The SMILES string of the molecule is CCCCCCCCCCCCCCCC(=O)N(CCCNC(=O)[C@@H](N)CC(C)C)CCCNC(=O)[C@@H](N)CC(C)C. The highest BCUT2D eigenvalue weighted by atomic mass is 16.2. The van der Waals surface area contributed by atoms with Crippen molar-refractivity contribution in [2.45, 2.75) is 162 Å². The maximum atomic E-state index is 13.1. The Hall–Kier alpha value is -1.67. The minimum Gasteiger partial charge on any atom is -0.355 e. The Balaban J connectivity index is 4.39. The Morgan fingerprint density at radius 1 is 0.571 bits per heavy atom. The molecule has 248 valence electrons. The van der Waals surface area contributed by atoms with Gasteiger partial charge in [0.25, 0.3) is 0 Å². The summed E-state index contributed by atoms with van der Waals surface area (Å²) in [6, 6.07) is -0.993. The van der Waals surface area contributed by atoms with Crippen LogP contribution in [0.2, 0.25) is 0 Å². The first kappa shape index (κ1) is 40.3. The lowest BCUT2D eigenvalue weighted by atomic mass is 10.0. The van der Waals surface area contributed by atoms with Gasteiger partial charge in [0.05, 0.1) is 12.1 Å². The van der Waals surface area contributed by atoms with Crippen molar-refractivity contribution < 1.29 is 14.4 Å². The zero-order chi connectivity index (χ0) is 31.6. The molecule has 0 saturated carbocycles. The van der Waals surface area contributed by atoms with E-state index in [9.17, 15) is 14.4 Å². The predicted octanol–water partition coefficient (Wildman–Crippen LogP) is 6.06. The van der Waals surface area contributed by atoms with Crippen LogP contribution in [0.4, 0.5) is 0 Å². The lowest BCUT2D eigenvalue weighted by molar-refractivity contribution is -0.131. The van der Waals surface area contributed by atoms with Crippen LogP contribution in [0, 0.1) is 11.8 Å². The maximum Gasteiger partial charge on any atom is 0.236 e. The maximum absolute atomic E-state index is 13.1.